The standard InChI is InChI=1S/C25H25N7O3/c1-31(2)23(33)15-6-10-18(11-7-15)35-25-28-22(19-4-3-5-21-20(19)12-26-30-21)27-24(29-25)32-16-8-9-17(32)14-34-13-16/h3-7,10-12,16-17H,8-9,13-14H2,1-2H3,(H,26,30)/t16-,17+. The SMILES string of the molecule is CN(C)C(=O)c1ccc(Oc2nc(-c3cccc4[nH]ncc34)nc(N3[C@@H]4CC[C@H]3COC4)n2)cc1. The lowest BCUT2D eigenvalue weighted by atomic mass is 10.1. The van der Waals surface area contributed by atoms with Gasteiger partial charge >= 0.3 is 6.01 Å². The Labute approximate surface area is 201 Å². The number of H-pyrrole nitrogens is 1. The van der Waals surface area contributed by atoms with Gasteiger partial charge in [0.25, 0.3) is 5.91 Å². The second-order valence-corrected chi connectivity index (χ2v) is 9.03. The van der Waals surface area contributed by atoms with Crippen LogP contribution in [0.15, 0.2) is 48.7 Å². The maximum Gasteiger partial charge on any atom is 0.327 e. The molecule has 2 aliphatic rings. The Morgan fingerprint density at radius 2 is 1.83 bits per heavy atom. The summed E-state index contributed by atoms with van der Waals surface area (Å²) in [7, 11) is 3.44. The number of aromatic amines is 1. The fourth-order valence-corrected chi connectivity index (χ4v) is 4.77. The van der Waals surface area contributed by atoms with Gasteiger partial charge in [-0.15, -0.1) is 0 Å². The van der Waals surface area contributed by atoms with Crippen LogP contribution in [-0.2, 0) is 4.74 Å². The van der Waals surface area contributed by atoms with E-state index in [0.29, 0.717) is 36.3 Å². The molecular weight excluding hydrogens is 446 g/mol. The number of hydrogen-bond acceptors (Lipinski definition) is 8. The highest BCUT2D eigenvalue weighted by Crippen LogP contribution is 2.35. The highest BCUT2D eigenvalue weighted by atomic mass is 16.5. The van der Waals surface area contributed by atoms with Crippen molar-refractivity contribution in [2.24, 2.45) is 0 Å². The van der Waals surface area contributed by atoms with Gasteiger partial charge in [-0.2, -0.15) is 20.1 Å². The second-order valence-electron chi connectivity index (χ2n) is 9.03. The molecule has 2 bridgehead atoms. The van der Waals surface area contributed by atoms with Gasteiger partial charge in [-0.25, -0.2) is 0 Å². The van der Waals surface area contributed by atoms with Crippen molar-refractivity contribution in [3.63, 3.8) is 0 Å². The van der Waals surface area contributed by atoms with Gasteiger partial charge in [0.2, 0.25) is 5.95 Å². The van der Waals surface area contributed by atoms with E-state index in [1.165, 1.54) is 4.90 Å². The van der Waals surface area contributed by atoms with E-state index in [-0.39, 0.29) is 24.0 Å². The van der Waals surface area contributed by atoms with Crippen LogP contribution >= 0.6 is 0 Å². The first kappa shape index (κ1) is 21.5. The van der Waals surface area contributed by atoms with Crippen LogP contribution in [-0.4, -0.2) is 75.3 Å². The van der Waals surface area contributed by atoms with Crippen LogP contribution in [0.4, 0.5) is 5.95 Å². The molecule has 0 saturated carbocycles. The zero-order valence-corrected chi connectivity index (χ0v) is 19.5. The average molecular weight is 472 g/mol. The summed E-state index contributed by atoms with van der Waals surface area (Å²) in [6.07, 6.45) is 3.86. The Bertz CT molecular complexity index is 1370. The third-order valence-electron chi connectivity index (χ3n) is 6.52. The summed E-state index contributed by atoms with van der Waals surface area (Å²) in [6, 6.07) is 13.5. The first-order valence-electron chi connectivity index (χ1n) is 11.6. The molecule has 1 N–H and O–H groups in total. The van der Waals surface area contributed by atoms with Crippen LogP contribution in [0.2, 0.25) is 0 Å². The number of morpholine rings is 1. The first-order chi connectivity index (χ1) is 17.1. The minimum atomic E-state index is -0.0720. The molecule has 10 nitrogen and oxygen atoms in total. The van der Waals surface area contributed by atoms with Gasteiger partial charge in [0, 0.05) is 30.6 Å². The molecule has 4 heterocycles. The molecular formula is C25H25N7O3. The Kier molecular flexibility index (Phi) is 5.29. The Morgan fingerprint density at radius 3 is 2.57 bits per heavy atom. The summed E-state index contributed by atoms with van der Waals surface area (Å²) < 4.78 is 11.8. The molecule has 1 amide bonds. The normalized spacial score (nSPS) is 19.2. The van der Waals surface area contributed by atoms with Crippen LogP contribution < -0.4 is 9.64 Å². The van der Waals surface area contributed by atoms with Crippen LogP contribution in [0, 0.1) is 0 Å². The molecule has 0 aliphatic carbocycles. The fraction of sp³-hybridized carbons (Fsp3) is 0.320. The van der Waals surface area contributed by atoms with Crippen molar-refractivity contribution in [2.45, 2.75) is 24.9 Å². The summed E-state index contributed by atoms with van der Waals surface area (Å²) in [4.78, 5) is 30.2. The van der Waals surface area contributed by atoms with Crippen molar-refractivity contribution >= 4 is 22.8 Å². The van der Waals surface area contributed by atoms with Gasteiger partial charge in [0.15, 0.2) is 5.82 Å². The van der Waals surface area contributed by atoms with Gasteiger partial charge < -0.3 is 19.3 Å². The lowest BCUT2D eigenvalue weighted by molar-refractivity contribution is 0.0827. The number of fused-ring (bicyclic) bond motifs is 3. The quantitative estimate of drug-likeness (QED) is 0.472. The summed E-state index contributed by atoms with van der Waals surface area (Å²) in [5.74, 6) is 1.56. The third-order valence-corrected chi connectivity index (χ3v) is 6.52. The molecule has 2 saturated heterocycles. The van der Waals surface area contributed by atoms with Crippen molar-refractivity contribution in [1.29, 1.82) is 0 Å². The molecule has 2 fully saturated rings. The molecule has 0 radical (unpaired) electrons. The highest BCUT2D eigenvalue weighted by molar-refractivity contribution is 5.94. The monoisotopic (exact) mass is 471 g/mol. The second kappa shape index (κ2) is 8.62. The fourth-order valence-electron chi connectivity index (χ4n) is 4.77. The number of benzene rings is 2. The molecule has 0 spiro atoms. The van der Waals surface area contributed by atoms with Crippen molar-refractivity contribution in [1.82, 2.24) is 30.0 Å². The third kappa shape index (κ3) is 3.95. The van der Waals surface area contributed by atoms with E-state index in [1.807, 2.05) is 18.2 Å². The van der Waals surface area contributed by atoms with E-state index in [4.69, 9.17) is 19.4 Å². The molecule has 2 aromatic carbocycles. The topological polar surface area (TPSA) is 109 Å². The van der Waals surface area contributed by atoms with Gasteiger partial charge in [0.05, 0.1) is 37.0 Å². The van der Waals surface area contributed by atoms with E-state index in [0.717, 1.165) is 29.3 Å². The van der Waals surface area contributed by atoms with Crippen molar-refractivity contribution < 1.29 is 14.3 Å². The average Bonchev–Trinajstić information content (AvgIpc) is 3.45. The number of hydrogen-bond donors (Lipinski definition) is 1. The smallest absolute Gasteiger partial charge is 0.327 e. The lowest BCUT2D eigenvalue weighted by Crippen LogP contribution is -2.46. The summed E-state index contributed by atoms with van der Waals surface area (Å²) in [6.45, 7) is 1.32. The van der Waals surface area contributed by atoms with E-state index in [1.54, 1.807) is 44.6 Å². The molecule has 10 heteroatoms. The predicted molar refractivity (Wildman–Crippen MR) is 130 cm³/mol. The molecule has 2 atom stereocenters. The van der Waals surface area contributed by atoms with E-state index in [2.05, 4.69) is 20.1 Å². The number of aromatic nitrogens is 5. The molecule has 2 aliphatic heterocycles. The van der Waals surface area contributed by atoms with Crippen molar-refractivity contribution in [2.75, 3.05) is 32.2 Å². The number of nitrogens with one attached hydrogen (secondary N) is 1. The largest absolute Gasteiger partial charge is 0.424 e. The zero-order valence-electron chi connectivity index (χ0n) is 19.5. The number of rotatable bonds is 5. The van der Waals surface area contributed by atoms with E-state index < -0.39 is 0 Å². The van der Waals surface area contributed by atoms with Gasteiger partial charge in [0.1, 0.15) is 5.75 Å². The maximum atomic E-state index is 12.2. The summed E-state index contributed by atoms with van der Waals surface area (Å²) in [5, 5.41) is 8.09. The lowest BCUT2D eigenvalue weighted by Gasteiger charge is -2.34. The van der Waals surface area contributed by atoms with E-state index >= 15 is 0 Å². The molecule has 35 heavy (non-hydrogen) atoms. The van der Waals surface area contributed by atoms with Gasteiger partial charge in [-0.3, -0.25) is 9.89 Å². The minimum absolute atomic E-state index is 0.0720. The number of ether oxygens (including phenoxy) is 2. The molecule has 178 valence electrons. The molecule has 0 unspecified atom stereocenters. The molecule has 2 aromatic heterocycles. The predicted octanol–water partition coefficient (Wildman–Crippen LogP) is 3.28. The Morgan fingerprint density at radius 1 is 1.06 bits per heavy atom. The zero-order chi connectivity index (χ0) is 23.9. The first-order valence-corrected chi connectivity index (χ1v) is 11.6. The number of carbonyl (C=O) groups is 1. The number of nitrogens with zero attached hydrogens (tertiary/aromatic N) is 6. The van der Waals surface area contributed by atoms with Crippen LogP contribution in [0.1, 0.15) is 23.2 Å². The van der Waals surface area contributed by atoms with Gasteiger partial charge in [-0.1, -0.05) is 12.1 Å². The molecule has 6 rings (SSSR count). The summed E-state index contributed by atoms with van der Waals surface area (Å²) in [5.41, 5.74) is 2.33. The summed E-state index contributed by atoms with van der Waals surface area (Å²) >= 11 is 0. The van der Waals surface area contributed by atoms with Crippen LogP contribution in [0.5, 0.6) is 11.8 Å². The highest BCUT2D eigenvalue weighted by Gasteiger charge is 2.39. The van der Waals surface area contributed by atoms with Crippen LogP contribution in [0.3, 0.4) is 0 Å². The van der Waals surface area contributed by atoms with Gasteiger partial charge in [-0.05, 0) is 43.2 Å². The minimum Gasteiger partial charge on any atom is -0.424 e. The number of amides is 1. The molecule has 4 aromatic rings. The number of anilines is 1. The van der Waals surface area contributed by atoms with Crippen molar-refractivity contribution in [3.05, 3.63) is 54.2 Å². The Balaban J connectivity index is 1.40. The van der Waals surface area contributed by atoms with Crippen molar-refractivity contribution in [3.8, 4) is 23.1 Å². The van der Waals surface area contributed by atoms with Crippen LogP contribution in [0.25, 0.3) is 22.3 Å². The Hall–Kier alpha value is -4.05. The van der Waals surface area contributed by atoms with E-state index in [9.17, 15) is 4.79 Å². The maximum absolute atomic E-state index is 12.2. The number of carbonyl (C=O) groups excluding carboxylic acids is 1.